The molecule has 1 aromatic heterocycles. The first-order valence-electron chi connectivity index (χ1n) is 2.57. The number of halogens is 3. The molecule has 0 saturated heterocycles. The van der Waals surface area contributed by atoms with E-state index in [2.05, 4.69) is 4.98 Å². The largest absolute Gasteiger partial charge is 0.250 e. The fraction of sp³-hybridized carbons (Fsp3) is 0. The van der Waals surface area contributed by atoms with Gasteiger partial charge in [0.05, 0.1) is 0 Å². The molecule has 0 aromatic carbocycles. The van der Waals surface area contributed by atoms with Gasteiger partial charge in [0.1, 0.15) is 6.07 Å². The Morgan fingerprint density at radius 1 is 1.27 bits per heavy atom. The van der Waals surface area contributed by atoms with E-state index in [1.807, 2.05) is 0 Å². The van der Waals surface area contributed by atoms with Crippen LogP contribution in [-0.4, -0.2) is 4.98 Å². The molecule has 0 N–H and O–H groups in total. The monoisotopic (exact) mass is 158 g/mol. The second-order valence-electron chi connectivity index (χ2n) is 1.70. The molecule has 0 aliphatic carbocycles. The van der Waals surface area contributed by atoms with Crippen molar-refractivity contribution in [2.45, 2.75) is 0 Å². The van der Waals surface area contributed by atoms with Crippen LogP contribution in [0.3, 0.4) is 0 Å². The Labute approximate surface area is 59.9 Å². The van der Waals surface area contributed by atoms with Gasteiger partial charge in [0.2, 0.25) is 5.95 Å². The molecule has 1 aromatic rings. The van der Waals surface area contributed by atoms with Crippen LogP contribution in [0.1, 0.15) is 5.69 Å². The van der Waals surface area contributed by atoms with Gasteiger partial charge in [-0.3, -0.25) is 0 Å². The Bertz CT molecular complexity index is 329. The molecular weight excluding hydrogens is 157 g/mol. The number of aromatic nitrogens is 1. The Kier molecular flexibility index (Phi) is 1.77. The van der Waals surface area contributed by atoms with Gasteiger partial charge in [0.15, 0.2) is 17.3 Å². The summed E-state index contributed by atoms with van der Waals surface area (Å²) in [4.78, 5) is 2.71. The summed E-state index contributed by atoms with van der Waals surface area (Å²) in [7, 11) is 0. The molecule has 0 fully saturated rings. The number of hydrogen-bond donors (Lipinski definition) is 0. The van der Waals surface area contributed by atoms with E-state index >= 15 is 0 Å². The van der Waals surface area contributed by atoms with Crippen LogP contribution in [0.25, 0.3) is 0 Å². The van der Waals surface area contributed by atoms with Crippen LogP contribution in [0.2, 0.25) is 0 Å². The van der Waals surface area contributed by atoms with Crippen LogP contribution in [0.5, 0.6) is 0 Å². The first-order chi connectivity index (χ1) is 5.15. The molecule has 11 heavy (non-hydrogen) atoms. The predicted octanol–water partition coefficient (Wildman–Crippen LogP) is 1.37. The van der Waals surface area contributed by atoms with E-state index in [-0.39, 0.29) is 6.07 Å². The van der Waals surface area contributed by atoms with E-state index in [1.165, 1.54) is 6.07 Å². The molecule has 0 aliphatic heterocycles. The van der Waals surface area contributed by atoms with Crippen molar-refractivity contribution < 1.29 is 13.2 Å². The highest BCUT2D eigenvalue weighted by atomic mass is 19.2. The first-order valence-corrected chi connectivity index (χ1v) is 2.57. The maximum absolute atomic E-state index is 12.3. The van der Waals surface area contributed by atoms with Crippen LogP contribution >= 0.6 is 0 Å². The molecule has 56 valence electrons. The number of hydrogen-bond acceptors (Lipinski definition) is 2. The van der Waals surface area contributed by atoms with E-state index in [0.717, 1.165) is 0 Å². The van der Waals surface area contributed by atoms with Crippen molar-refractivity contribution >= 4 is 0 Å². The van der Waals surface area contributed by atoms with Crippen molar-refractivity contribution in [2.24, 2.45) is 0 Å². The summed E-state index contributed by atoms with van der Waals surface area (Å²) in [5.74, 6) is -4.03. The molecule has 5 heteroatoms. The van der Waals surface area contributed by atoms with E-state index in [4.69, 9.17) is 5.26 Å². The topological polar surface area (TPSA) is 36.7 Å². The van der Waals surface area contributed by atoms with Crippen LogP contribution in [0.15, 0.2) is 6.07 Å². The molecule has 0 amide bonds. The van der Waals surface area contributed by atoms with Gasteiger partial charge >= 0.3 is 0 Å². The normalized spacial score (nSPS) is 9.27. The van der Waals surface area contributed by atoms with Crippen molar-refractivity contribution in [3.63, 3.8) is 0 Å². The Balaban J connectivity index is 3.35. The molecule has 0 aliphatic rings. The summed E-state index contributed by atoms with van der Waals surface area (Å²) in [6.07, 6.45) is 0. The number of nitriles is 1. The smallest absolute Gasteiger partial charge is 0.204 e. The van der Waals surface area contributed by atoms with Gasteiger partial charge in [-0.2, -0.15) is 9.65 Å². The fourth-order valence-electron chi connectivity index (χ4n) is 0.523. The highest BCUT2D eigenvalue weighted by Gasteiger charge is 2.09. The van der Waals surface area contributed by atoms with Gasteiger partial charge in [-0.05, 0) is 0 Å². The van der Waals surface area contributed by atoms with Gasteiger partial charge in [-0.25, -0.2) is 13.8 Å². The third-order valence-electron chi connectivity index (χ3n) is 0.993. The Morgan fingerprint density at radius 2 is 1.91 bits per heavy atom. The fourth-order valence-corrected chi connectivity index (χ4v) is 0.523. The molecule has 0 bridgehead atoms. The van der Waals surface area contributed by atoms with E-state index in [0.29, 0.717) is 0 Å². The maximum atomic E-state index is 12.3. The average molecular weight is 158 g/mol. The number of rotatable bonds is 0. The van der Waals surface area contributed by atoms with Crippen LogP contribution in [0.4, 0.5) is 13.2 Å². The minimum atomic E-state index is -1.47. The van der Waals surface area contributed by atoms with Crippen molar-refractivity contribution in [3.8, 4) is 6.07 Å². The molecule has 0 atom stereocenters. The molecule has 2 nitrogen and oxygen atoms in total. The van der Waals surface area contributed by atoms with Crippen molar-refractivity contribution in [1.29, 1.82) is 5.26 Å². The molecule has 0 saturated carbocycles. The molecule has 0 spiro atoms. The summed E-state index contributed by atoms with van der Waals surface area (Å²) >= 11 is 0. The average Bonchev–Trinajstić information content (AvgIpc) is 1.97. The van der Waals surface area contributed by atoms with Gasteiger partial charge in [0, 0.05) is 6.07 Å². The van der Waals surface area contributed by atoms with E-state index < -0.39 is 23.3 Å². The zero-order valence-corrected chi connectivity index (χ0v) is 5.11. The SMILES string of the molecule is N#Cc1nc(F)c(F)cc1F. The molecule has 0 unspecified atom stereocenters. The lowest BCUT2D eigenvalue weighted by atomic mass is 10.3. The van der Waals surface area contributed by atoms with Gasteiger partial charge in [-0.1, -0.05) is 0 Å². The third-order valence-corrected chi connectivity index (χ3v) is 0.993. The second-order valence-corrected chi connectivity index (χ2v) is 1.70. The maximum Gasteiger partial charge on any atom is 0.250 e. The van der Waals surface area contributed by atoms with Crippen LogP contribution in [0, 0.1) is 28.9 Å². The van der Waals surface area contributed by atoms with Gasteiger partial charge in [0.25, 0.3) is 0 Å². The summed E-state index contributed by atoms with van der Waals surface area (Å²) in [5, 5.41) is 8.09. The third kappa shape index (κ3) is 1.29. The zero-order valence-electron chi connectivity index (χ0n) is 5.11. The number of nitrogens with zero attached hydrogens (tertiary/aromatic N) is 2. The first kappa shape index (κ1) is 7.54. The van der Waals surface area contributed by atoms with Crippen LogP contribution in [-0.2, 0) is 0 Å². The number of pyridine rings is 1. The summed E-state index contributed by atoms with van der Waals surface area (Å²) < 4.78 is 36.6. The zero-order chi connectivity index (χ0) is 8.43. The summed E-state index contributed by atoms with van der Waals surface area (Å²) in [5.41, 5.74) is -0.746. The Morgan fingerprint density at radius 3 is 2.45 bits per heavy atom. The van der Waals surface area contributed by atoms with Crippen molar-refractivity contribution in [3.05, 3.63) is 29.3 Å². The second kappa shape index (κ2) is 2.58. The lowest BCUT2D eigenvalue weighted by Crippen LogP contribution is -1.96. The van der Waals surface area contributed by atoms with Crippen molar-refractivity contribution in [1.82, 2.24) is 4.98 Å². The molecular formula is C6HF3N2. The van der Waals surface area contributed by atoms with E-state index in [1.54, 1.807) is 0 Å². The lowest BCUT2D eigenvalue weighted by molar-refractivity contribution is 0.462. The molecule has 0 radical (unpaired) electrons. The molecule has 1 heterocycles. The highest BCUT2D eigenvalue weighted by Crippen LogP contribution is 2.07. The van der Waals surface area contributed by atoms with Gasteiger partial charge in [-0.15, -0.1) is 0 Å². The highest BCUT2D eigenvalue weighted by molar-refractivity contribution is 5.22. The standard InChI is InChI=1S/C6HF3N2/c7-3-1-4(8)6(9)11-5(3)2-10/h1H. The predicted molar refractivity (Wildman–Crippen MR) is 28.8 cm³/mol. The quantitative estimate of drug-likeness (QED) is 0.534. The summed E-state index contributed by atoms with van der Waals surface area (Å²) in [6.45, 7) is 0. The lowest BCUT2D eigenvalue weighted by Gasteiger charge is -1.92. The van der Waals surface area contributed by atoms with E-state index in [9.17, 15) is 13.2 Å². The summed E-state index contributed by atoms with van der Waals surface area (Å²) in [6, 6.07) is 1.55. The van der Waals surface area contributed by atoms with Crippen molar-refractivity contribution in [2.75, 3.05) is 0 Å². The minimum absolute atomic E-state index is 0.279. The molecule has 1 rings (SSSR count). The minimum Gasteiger partial charge on any atom is -0.204 e. The Hall–Kier alpha value is -1.57. The van der Waals surface area contributed by atoms with Gasteiger partial charge < -0.3 is 0 Å². The van der Waals surface area contributed by atoms with Crippen LogP contribution < -0.4 is 0 Å².